The number of sulfonamides is 1. The van der Waals surface area contributed by atoms with E-state index in [2.05, 4.69) is 14.7 Å². The van der Waals surface area contributed by atoms with Crippen LogP contribution in [-0.4, -0.2) is 29.5 Å². The second kappa shape index (κ2) is 7.58. The lowest BCUT2D eigenvalue weighted by atomic mass is 10.2. The van der Waals surface area contributed by atoms with Gasteiger partial charge >= 0.3 is 0 Å². The Morgan fingerprint density at radius 2 is 2.00 bits per heavy atom. The lowest BCUT2D eigenvalue weighted by molar-refractivity contribution is 0.570. The van der Waals surface area contributed by atoms with Crippen molar-refractivity contribution in [1.82, 2.24) is 19.3 Å². The number of nitriles is 1. The van der Waals surface area contributed by atoms with Crippen LogP contribution in [0.25, 0.3) is 11.0 Å². The molecule has 0 fully saturated rings. The summed E-state index contributed by atoms with van der Waals surface area (Å²) in [7, 11) is -3.66. The molecule has 0 aliphatic rings. The molecule has 0 unspecified atom stereocenters. The van der Waals surface area contributed by atoms with E-state index in [-0.39, 0.29) is 11.4 Å². The van der Waals surface area contributed by atoms with E-state index in [1.165, 1.54) is 12.1 Å². The number of anilines is 1. The van der Waals surface area contributed by atoms with Crippen LogP contribution in [0.5, 0.6) is 0 Å². The molecule has 3 rings (SSSR count). The molecule has 0 aliphatic carbocycles. The monoisotopic (exact) mass is 398 g/mol. The summed E-state index contributed by atoms with van der Waals surface area (Å²) in [6, 6.07) is 7.89. The SMILES string of the molecule is Cc1nc(N)c2nc(C)n(CCCNS(=O)(=O)c3cccc(C#N)c3)c2c1C. The fraction of sp³-hybridized carbons (Fsp3) is 0.316. The van der Waals surface area contributed by atoms with E-state index >= 15 is 0 Å². The maximum atomic E-state index is 12.4. The Labute approximate surface area is 164 Å². The zero-order valence-electron chi connectivity index (χ0n) is 16.0. The number of aryl methyl sites for hydroxylation is 4. The van der Waals surface area contributed by atoms with Crippen molar-refractivity contribution in [1.29, 1.82) is 5.26 Å². The van der Waals surface area contributed by atoms with Gasteiger partial charge in [-0.1, -0.05) is 6.07 Å². The zero-order chi connectivity index (χ0) is 20.5. The molecule has 146 valence electrons. The first-order chi connectivity index (χ1) is 13.2. The van der Waals surface area contributed by atoms with E-state index in [0.717, 1.165) is 22.6 Å². The smallest absolute Gasteiger partial charge is 0.240 e. The average Bonchev–Trinajstić information content (AvgIpc) is 3.00. The summed E-state index contributed by atoms with van der Waals surface area (Å²) in [6.45, 7) is 6.63. The Bertz CT molecular complexity index is 1190. The van der Waals surface area contributed by atoms with E-state index in [9.17, 15) is 8.42 Å². The molecular formula is C19H22N6O2S. The minimum Gasteiger partial charge on any atom is -0.382 e. The molecule has 0 radical (unpaired) electrons. The van der Waals surface area contributed by atoms with Crippen LogP contribution in [0, 0.1) is 32.1 Å². The summed E-state index contributed by atoms with van der Waals surface area (Å²) < 4.78 is 29.5. The van der Waals surface area contributed by atoms with Crippen LogP contribution in [0.15, 0.2) is 29.2 Å². The molecule has 28 heavy (non-hydrogen) atoms. The van der Waals surface area contributed by atoms with Crippen LogP contribution < -0.4 is 10.5 Å². The quantitative estimate of drug-likeness (QED) is 0.613. The number of hydrogen-bond acceptors (Lipinski definition) is 6. The third-order valence-electron chi connectivity index (χ3n) is 4.71. The lowest BCUT2D eigenvalue weighted by Crippen LogP contribution is -2.25. The summed E-state index contributed by atoms with van der Waals surface area (Å²) in [5, 5.41) is 8.93. The number of nitrogen functional groups attached to an aromatic ring is 1. The minimum absolute atomic E-state index is 0.0844. The van der Waals surface area contributed by atoms with Gasteiger partial charge in [0.05, 0.1) is 22.0 Å². The van der Waals surface area contributed by atoms with Gasteiger partial charge in [0.1, 0.15) is 11.3 Å². The Balaban J connectivity index is 1.74. The van der Waals surface area contributed by atoms with Crippen LogP contribution in [-0.2, 0) is 16.6 Å². The highest BCUT2D eigenvalue weighted by molar-refractivity contribution is 7.89. The Morgan fingerprint density at radius 3 is 2.71 bits per heavy atom. The second-order valence-corrected chi connectivity index (χ2v) is 8.37. The molecule has 0 saturated heterocycles. The molecule has 1 aromatic carbocycles. The maximum Gasteiger partial charge on any atom is 0.240 e. The summed E-state index contributed by atoms with van der Waals surface area (Å²) in [5.74, 6) is 1.21. The number of imidazole rings is 1. The summed E-state index contributed by atoms with van der Waals surface area (Å²) in [4.78, 5) is 8.92. The van der Waals surface area contributed by atoms with Gasteiger partial charge in [0.2, 0.25) is 10.0 Å². The molecule has 0 bridgehead atoms. The van der Waals surface area contributed by atoms with E-state index < -0.39 is 10.0 Å². The van der Waals surface area contributed by atoms with Crippen LogP contribution in [0.2, 0.25) is 0 Å². The first-order valence-corrected chi connectivity index (χ1v) is 10.3. The number of aromatic nitrogens is 3. The van der Waals surface area contributed by atoms with Crippen molar-refractivity contribution in [2.45, 2.75) is 38.6 Å². The summed E-state index contributed by atoms with van der Waals surface area (Å²) in [5.41, 5.74) is 9.79. The average molecular weight is 398 g/mol. The molecule has 0 amide bonds. The van der Waals surface area contributed by atoms with Crippen LogP contribution in [0.3, 0.4) is 0 Å². The zero-order valence-corrected chi connectivity index (χ0v) is 16.8. The number of benzene rings is 1. The molecule has 3 N–H and O–H groups in total. The topological polar surface area (TPSA) is 127 Å². The van der Waals surface area contributed by atoms with Gasteiger partial charge in [0.15, 0.2) is 5.82 Å². The molecular weight excluding hydrogens is 376 g/mol. The van der Waals surface area contributed by atoms with Crippen LogP contribution in [0.4, 0.5) is 5.82 Å². The molecule has 0 atom stereocenters. The van der Waals surface area contributed by atoms with Crippen molar-refractivity contribution in [3.05, 3.63) is 46.9 Å². The highest BCUT2D eigenvalue weighted by atomic mass is 32.2. The van der Waals surface area contributed by atoms with Gasteiger partial charge in [-0.05, 0) is 51.0 Å². The molecule has 3 aromatic rings. The largest absolute Gasteiger partial charge is 0.382 e. The fourth-order valence-electron chi connectivity index (χ4n) is 3.15. The fourth-order valence-corrected chi connectivity index (χ4v) is 4.27. The predicted octanol–water partition coefficient (Wildman–Crippen LogP) is 2.18. The number of nitrogens with two attached hydrogens (primary N) is 1. The predicted molar refractivity (Wildman–Crippen MR) is 107 cm³/mol. The van der Waals surface area contributed by atoms with Crippen molar-refractivity contribution < 1.29 is 8.42 Å². The van der Waals surface area contributed by atoms with Gasteiger partial charge in [0.25, 0.3) is 0 Å². The van der Waals surface area contributed by atoms with Gasteiger partial charge in [-0.2, -0.15) is 5.26 Å². The first kappa shape index (κ1) is 19.8. The highest BCUT2D eigenvalue weighted by Gasteiger charge is 2.17. The van der Waals surface area contributed by atoms with Crippen molar-refractivity contribution >= 4 is 26.9 Å². The molecule has 0 aliphatic heterocycles. The van der Waals surface area contributed by atoms with Gasteiger partial charge < -0.3 is 10.3 Å². The number of fused-ring (bicyclic) bond motifs is 1. The van der Waals surface area contributed by atoms with Crippen molar-refractivity contribution in [3.8, 4) is 6.07 Å². The third kappa shape index (κ3) is 3.69. The van der Waals surface area contributed by atoms with Crippen LogP contribution >= 0.6 is 0 Å². The number of rotatable bonds is 6. The second-order valence-electron chi connectivity index (χ2n) is 6.61. The van der Waals surface area contributed by atoms with E-state index in [1.54, 1.807) is 12.1 Å². The number of nitrogens with zero attached hydrogens (tertiary/aromatic N) is 4. The third-order valence-corrected chi connectivity index (χ3v) is 6.17. The lowest BCUT2D eigenvalue weighted by Gasteiger charge is -2.11. The number of hydrogen-bond donors (Lipinski definition) is 2. The molecule has 8 nitrogen and oxygen atoms in total. The summed E-state index contributed by atoms with van der Waals surface area (Å²) in [6.07, 6.45) is 0.574. The highest BCUT2D eigenvalue weighted by Crippen LogP contribution is 2.25. The molecule has 9 heteroatoms. The van der Waals surface area contributed by atoms with E-state index in [1.807, 2.05) is 31.4 Å². The molecule has 0 saturated carbocycles. The summed E-state index contributed by atoms with van der Waals surface area (Å²) >= 11 is 0. The van der Waals surface area contributed by atoms with Gasteiger partial charge in [-0.25, -0.2) is 23.1 Å². The molecule has 2 heterocycles. The Morgan fingerprint density at radius 1 is 1.25 bits per heavy atom. The first-order valence-electron chi connectivity index (χ1n) is 8.84. The standard InChI is InChI=1S/C19H22N6O2S/c1-12-13(2)23-19(21)17-18(12)25(14(3)24-17)9-5-8-22-28(26,27)16-7-4-6-15(10-16)11-20/h4,6-7,10,22H,5,8-9H2,1-3H3,(H2,21,23). The maximum absolute atomic E-state index is 12.4. The van der Waals surface area contributed by atoms with Gasteiger partial charge in [-0.3, -0.25) is 0 Å². The van der Waals surface area contributed by atoms with Crippen molar-refractivity contribution in [3.63, 3.8) is 0 Å². The van der Waals surface area contributed by atoms with E-state index in [0.29, 0.717) is 29.9 Å². The van der Waals surface area contributed by atoms with Crippen molar-refractivity contribution in [2.24, 2.45) is 0 Å². The van der Waals surface area contributed by atoms with E-state index in [4.69, 9.17) is 11.0 Å². The minimum atomic E-state index is -3.66. The van der Waals surface area contributed by atoms with Crippen LogP contribution in [0.1, 0.15) is 29.1 Å². The molecule has 0 spiro atoms. The number of nitrogens with one attached hydrogen (secondary N) is 1. The van der Waals surface area contributed by atoms with Gasteiger partial charge in [-0.15, -0.1) is 0 Å². The van der Waals surface area contributed by atoms with Gasteiger partial charge in [0, 0.05) is 18.8 Å². The Hall–Kier alpha value is -2.96. The molecule has 2 aromatic heterocycles. The number of pyridine rings is 1. The normalized spacial score (nSPS) is 11.6. The van der Waals surface area contributed by atoms with Crippen molar-refractivity contribution in [2.75, 3.05) is 12.3 Å². The Kier molecular flexibility index (Phi) is 5.36.